The molecule has 118 valence electrons. The summed E-state index contributed by atoms with van der Waals surface area (Å²) in [6.07, 6.45) is 0. The lowest BCUT2D eigenvalue weighted by atomic mass is 9.84. The van der Waals surface area contributed by atoms with E-state index in [1.807, 2.05) is 37.3 Å². The van der Waals surface area contributed by atoms with Gasteiger partial charge in [0.2, 0.25) is 6.79 Å². The van der Waals surface area contributed by atoms with Crippen molar-refractivity contribution in [3.63, 3.8) is 0 Å². The molecule has 0 saturated carbocycles. The first kappa shape index (κ1) is 13.8. The highest BCUT2D eigenvalue weighted by Crippen LogP contribution is 2.48. The fraction of sp³-hybridized carbons (Fsp3) is 0.222. The van der Waals surface area contributed by atoms with Crippen molar-refractivity contribution in [3.05, 3.63) is 59.0 Å². The van der Waals surface area contributed by atoms with Gasteiger partial charge in [-0.1, -0.05) is 12.1 Å². The molecule has 2 aliphatic heterocycles. The van der Waals surface area contributed by atoms with Crippen LogP contribution in [0.15, 0.2) is 47.9 Å². The first-order valence-electron chi connectivity index (χ1n) is 7.32. The number of hydrogen-bond donors (Lipinski definition) is 1. The molecule has 2 heterocycles. The molecule has 0 amide bonds. The fourth-order valence-electron chi connectivity index (χ4n) is 3.02. The number of hydrogen-bond acceptors (Lipinski definition) is 5. The number of benzene rings is 2. The molecule has 23 heavy (non-hydrogen) atoms. The Kier molecular flexibility index (Phi) is 3.08. The molecule has 2 aliphatic rings. The Hall–Kier alpha value is -2.82. The van der Waals surface area contributed by atoms with Crippen molar-refractivity contribution in [2.45, 2.75) is 12.8 Å². The van der Waals surface area contributed by atoms with Crippen LogP contribution in [0, 0.1) is 0 Å². The van der Waals surface area contributed by atoms with Gasteiger partial charge in [0, 0.05) is 23.1 Å². The predicted molar refractivity (Wildman–Crippen MR) is 83.4 cm³/mol. The monoisotopic (exact) mass is 312 g/mol. The van der Waals surface area contributed by atoms with E-state index < -0.39 is 0 Å². The molecular weight excluding hydrogens is 296 g/mol. The molecule has 5 nitrogen and oxygen atoms in total. The summed E-state index contributed by atoms with van der Waals surface area (Å²) in [4.78, 5) is 0. The zero-order chi connectivity index (χ0) is 16.0. The molecule has 2 aromatic rings. The zero-order valence-corrected chi connectivity index (χ0v) is 12.8. The summed E-state index contributed by atoms with van der Waals surface area (Å²) >= 11 is 0. The van der Waals surface area contributed by atoms with Gasteiger partial charge in [-0.2, -0.15) is 0 Å². The normalized spacial score (nSPS) is 18.4. The van der Waals surface area contributed by atoms with Crippen LogP contribution in [0.2, 0.25) is 0 Å². The lowest BCUT2D eigenvalue weighted by molar-refractivity contribution is 0.173. The first-order chi connectivity index (χ1) is 11.2. The number of aliphatic hydroxyl groups excluding tert-OH is 1. The lowest BCUT2D eigenvalue weighted by Crippen LogP contribution is -2.15. The zero-order valence-electron chi connectivity index (χ0n) is 12.8. The van der Waals surface area contributed by atoms with Gasteiger partial charge in [-0.25, -0.2) is 0 Å². The van der Waals surface area contributed by atoms with Crippen LogP contribution in [0.25, 0.3) is 0 Å². The average molecular weight is 312 g/mol. The van der Waals surface area contributed by atoms with Gasteiger partial charge in [-0.3, -0.25) is 0 Å². The second-order valence-electron chi connectivity index (χ2n) is 5.54. The van der Waals surface area contributed by atoms with Crippen molar-refractivity contribution < 1.29 is 24.1 Å². The van der Waals surface area contributed by atoms with Crippen molar-refractivity contribution in [2.75, 3.05) is 13.9 Å². The van der Waals surface area contributed by atoms with Gasteiger partial charge in [0.1, 0.15) is 11.5 Å². The Bertz CT molecular complexity index is 792. The highest BCUT2D eigenvalue weighted by molar-refractivity contribution is 5.59. The quantitative estimate of drug-likeness (QED) is 0.915. The minimum atomic E-state index is -0.112. The molecular formula is C18H16O5. The first-order valence-corrected chi connectivity index (χ1v) is 7.32. The van der Waals surface area contributed by atoms with Crippen molar-refractivity contribution in [3.8, 4) is 23.0 Å². The number of ether oxygens (including phenoxy) is 4. The van der Waals surface area contributed by atoms with Crippen LogP contribution in [0.5, 0.6) is 23.0 Å². The molecule has 5 heteroatoms. The highest BCUT2D eigenvalue weighted by atomic mass is 16.7. The van der Waals surface area contributed by atoms with Crippen LogP contribution in [0.3, 0.4) is 0 Å². The van der Waals surface area contributed by atoms with Crippen LogP contribution in [-0.4, -0.2) is 19.0 Å². The van der Waals surface area contributed by atoms with Crippen LogP contribution < -0.4 is 18.9 Å². The predicted octanol–water partition coefficient (Wildman–Crippen LogP) is 3.74. The molecule has 1 N–H and O–H groups in total. The minimum Gasteiger partial charge on any atom is -0.497 e. The Morgan fingerprint density at radius 2 is 1.74 bits per heavy atom. The second kappa shape index (κ2) is 5.12. The summed E-state index contributed by atoms with van der Waals surface area (Å²) in [5.74, 6) is 2.51. The number of allylic oxidation sites excluding steroid dienone is 1. The topological polar surface area (TPSA) is 57.2 Å². The SMILES string of the molecule is COc1ccc([C@@H]2C(C)=C(O)Oc3cc4c(cc32)OCO4)cc1. The van der Waals surface area contributed by atoms with Crippen LogP contribution in [0.4, 0.5) is 0 Å². The molecule has 0 fully saturated rings. The van der Waals surface area contributed by atoms with Gasteiger partial charge < -0.3 is 24.1 Å². The third-order valence-corrected chi connectivity index (χ3v) is 4.24. The number of rotatable bonds is 2. The van der Waals surface area contributed by atoms with E-state index in [1.54, 1.807) is 13.2 Å². The van der Waals surface area contributed by atoms with Crippen LogP contribution in [-0.2, 0) is 0 Å². The Labute approximate surface area is 133 Å². The third kappa shape index (κ3) is 2.16. The van der Waals surface area contributed by atoms with Crippen molar-refractivity contribution in [2.24, 2.45) is 0 Å². The Morgan fingerprint density at radius 3 is 2.43 bits per heavy atom. The standard InChI is InChI=1S/C18H16O5/c1-10-17(11-3-5-12(20-2)6-4-11)13-7-15-16(22-9-21-15)8-14(13)23-18(10)19/h3-8,17,19H,9H2,1-2H3/t17-/m0/s1. The summed E-state index contributed by atoms with van der Waals surface area (Å²) < 4.78 is 21.6. The summed E-state index contributed by atoms with van der Waals surface area (Å²) in [5.41, 5.74) is 2.73. The van der Waals surface area contributed by atoms with Gasteiger partial charge in [-0.05, 0) is 30.7 Å². The largest absolute Gasteiger partial charge is 0.497 e. The fourth-order valence-corrected chi connectivity index (χ4v) is 3.02. The molecule has 0 aliphatic carbocycles. The number of aliphatic hydroxyl groups is 1. The number of fused-ring (bicyclic) bond motifs is 2. The average Bonchev–Trinajstić information content (AvgIpc) is 3.02. The van der Waals surface area contributed by atoms with E-state index in [1.165, 1.54) is 0 Å². The van der Waals surface area contributed by atoms with Crippen molar-refractivity contribution >= 4 is 0 Å². The third-order valence-electron chi connectivity index (χ3n) is 4.24. The van der Waals surface area contributed by atoms with Crippen molar-refractivity contribution in [1.29, 1.82) is 0 Å². The van der Waals surface area contributed by atoms with Gasteiger partial charge in [0.15, 0.2) is 11.5 Å². The van der Waals surface area contributed by atoms with E-state index in [0.717, 1.165) is 22.4 Å². The van der Waals surface area contributed by atoms with Gasteiger partial charge >= 0.3 is 0 Å². The van der Waals surface area contributed by atoms with Gasteiger partial charge in [-0.15, -0.1) is 0 Å². The van der Waals surface area contributed by atoms with E-state index in [9.17, 15) is 5.11 Å². The van der Waals surface area contributed by atoms with E-state index in [4.69, 9.17) is 18.9 Å². The summed E-state index contributed by atoms with van der Waals surface area (Å²) in [6.45, 7) is 2.06. The molecule has 0 spiro atoms. The molecule has 0 bridgehead atoms. The number of methoxy groups -OCH3 is 1. The molecule has 0 radical (unpaired) electrons. The van der Waals surface area contributed by atoms with E-state index in [0.29, 0.717) is 17.2 Å². The second-order valence-corrected chi connectivity index (χ2v) is 5.54. The lowest BCUT2D eigenvalue weighted by Gasteiger charge is -2.27. The van der Waals surface area contributed by atoms with E-state index >= 15 is 0 Å². The molecule has 1 atom stereocenters. The van der Waals surface area contributed by atoms with Crippen LogP contribution >= 0.6 is 0 Å². The van der Waals surface area contributed by atoms with E-state index in [2.05, 4.69) is 0 Å². The van der Waals surface area contributed by atoms with Gasteiger partial charge in [0.05, 0.1) is 7.11 Å². The molecule has 0 unspecified atom stereocenters. The van der Waals surface area contributed by atoms with E-state index in [-0.39, 0.29) is 18.7 Å². The maximum absolute atomic E-state index is 10.2. The molecule has 2 aromatic carbocycles. The maximum atomic E-state index is 10.2. The summed E-state index contributed by atoms with van der Waals surface area (Å²) in [5, 5.41) is 10.2. The highest BCUT2D eigenvalue weighted by Gasteiger charge is 2.31. The molecule has 0 aromatic heterocycles. The summed E-state index contributed by atoms with van der Waals surface area (Å²) in [6, 6.07) is 11.5. The maximum Gasteiger partial charge on any atom is 0.282 e. The Morgan fingerprint density at radius 1 is 1.04 bits per heavy atom. The minimum absolute atomic E-state index is 0.0721. The summed E-state index contributed by atoms with van der Waals surface area (Å²) in [7, 11) is 1.64. The molecule has 0 saturated heterocycles. The smallest absolute Gasteiger partial charge is 0.282 e. The van der Waals surface area contributed by atoms with Gasteiger partial charge in [0.25, 0.3) is 5.95 Å². The Balaban J connectivity index is 1.85. The molecule has 4 rings (SSSR count). The van der Waals surface area contributed by atoms with Crippen molar-refractivity contribution in [1.82, 2.24) is 0 Å². The van der Waals surface area contributed by atoms with Crippen LogP contribution in [0.1, 0.15) is 24.0 Å².